The van der Waals surface area contributed by atoms with E-state index in [9.17, 15) is 18.8 Å². The lowest BCUT2D eigenvalue weighted by Gasteiger charge is -2.18. The molecule has 0 unspecified atom stereocenters. The van der Waals surface area contributed by atoms with Crippen LogP contribution in [0.4, 0.5) is 20.2 Å². The maximum absolute atomic E-state index is 15.1. The van der Waals surface area contributed by atoms with E-state index >= 15 is 4.39 Å². The first-order chi connectivity index (χ1) is 16.9. The highest BCUT2D eigenvalue weighted by Crippen LogP contribution is 2.25. The van der Waals surface area contributed by atoms with Gasteiger partial charge < -0.3 is 16.0 Å². The van der Waals surface area contributed by atoms with Crippen LogP contribution in [0.5, 0.6) is 0 Å². The molecule has 0 atom stereocenters. The van der Waals surface area contributed by atoms with Crippen molar-refractivity contribution in [1.29, 1.82) is 0 Å². The molecular weight excluding hydrogens is 488 g/mol. The van der Waals surface area contributed by atoms with E-state index in [1.807, 2.05) is 6.92 Å². The van der Waals surface area contributed by atoms with Crippen LogP contribution in [0.15, 0.2) is 54.6 Å². The zero-order valence-electron chi connectivity index (χ0n) is 20.3. The molecule has 0 bridgehead atoms. The molecule has 3 aromatic carbocycles. The van der Waals surface area contributed by atoms with Crippen LogP contribution < -0.4 is 16.0 Å². The maximum Gasteiger partial charge on any atom is 0.261 e. The second kappa shape index (κ2) is 10.9. The Bertz CT molecular complexity index is 1320. The Morgan fingerprint density at radius 2 is 1.56 bits per heavy atom. The fourth-order valence-electron chi connectivity index (χ4n) is 3.18. The van der Waals surface area contributed by atoms with Gasteiger partial charge >= 0.3 is 0 Å². The number of hydrogen-bond donors (Lipinski definition) is 3. The van der Waals surface area contributed by atoms with Crippen molar-refractivity contribution in [2.75, 3.05) is 10.6 Å². The topological polar surface area (TPSA) is 87.3 Å². The summed E-state index contributed by atoms with van der Waals surface area (Å²) in [6.07, 6.45) is 0. The first kappa shape index (κ1) is 26.8. The summed E-state index contributed by atoms with van der Waals surface area (Å²) in [6, 6.07) is 13.2. The van der Waals surface area contributed by atoms with Crippen LogP contribution in [0.1, 0.15) is 52.6 Å². The van der Waals surface area contributed by atoms with E-state index in [1.165, 1.54) is 12.1 Å². The molecule has 3 N–H and O–H groups in total. The predicted molar refractivity (Wildman–Crippen MR) is 136 cm³/mol. The number of nitrogens with one attached hydrogen (secondary N) is 3. The van der Waals surface area contributed by atoms with E-state index in [-0.39, 0.29) is 23.0 Å². The molecule has 0 saturated carbocycles. The highest BCUT2D eigenvalue weighted by molar-refractivity contribution is 6.34. The van der Waals surface area contributed by atoms with Gasteiger partial charge in [-0.1, -0.05) is 56.1 Å². The molecular formula is C27H26ClF2N3O3. The van der Waals surface area contributed by atoms with Crippen molar-refractivity contribution in [3.8, 4) is 0 Å². The van der Waals surface area contributed by atoms with Crippen molar-refractivity contribution in [3.63, 3.8) is 0 Å². The first-order valence-corrected chi connectivity index (χ1v) is 11.5. The van der Waals surface area contributed by atoms with Gasteiger partial charge in [-0.25, -0.2) is 8.78 Å². The van der Waals surface area contributed by atoms with E-state index in [0.717, 1.165) is 17.7 Å². The van der Waals surface area contributed by atoms with E-state index in [2.05, 4.69) is 16.0 Å². The average Bonchev–Trinajstić information content (AvgIpc) is 2.81. The maximum atomic E-state index is 15.1. The monoisotopic (exact) mass is 513 g/mol. The lowest BCUT2D eigenvalue weighted by Crippen LogP contribution is -2.34. The summed E-state index contributed by atoms with van der Waals surface area (Å²) < 4.78 is 29.5. The van der Waals surface area contributed by atoms with E-state index in [0.29, 0.717) is 11.3 Å². The molecule has 0 radical (unpaired) electrons. The normalized spacial score (nSPS) is 11.1. The molecule has 3 amide bonds. The molecule has 188 valence electrons. The van der Waals surface area contributed by atoms with Crippen molar-refractivity contribution in [3.05, 3.63) is 93.5 Å². The van der Waals surface area contributed by atoms with Crippen LogP contribution in [-0.4, -0.2) is 17.7 Å². The number of amides is 3. The summed E-state index contributed by atoms with van der Waals surface area (Å²) in [5.74, 6) is -4.24. The third-order valence-electron chi connectivity index (χ3n) is 5.29. The number of rotatable bonds is 6. The minimum Gasteiger partial charge on any atom is -0.352 e. The molecule has 0 aliphatic heterocycles. The smallest absolute Gasteiger partial charge is 0.261 e. The number of halogens is 3. The third kappa shape index (κ3) is 6.46. The van der Waals surface area contributed by atoms with E-state index in [1.54, 1.807) is 51.1 Å². The van der Waals surface area contributed by atoms with Crippen LogP contribution >= 0.6 is 11.6 Å². The molecule has 6 nitrogen and oxygen atoms in total. The minimum absolute atomic E-state index is 0.0218. The standard InChI is InChI=1S/C27H26ClF2N3O3/c1-15-5-8-17(9-6-15)32-25(35)22-20(29)11-12-21(23(22)30)33-24(34)18-13-16(7-10-19(18)28)14-31-26(36)27(2,3)4/h5-13H,14H2,1-4H3,(H,31,36)(H,32,35)(H,33,34). The molecule has 0 fully saturated rings. The van der Waals surface area contributed by atoms with E-state index < -0.39 is 40.1 Å². The summed E-state index contributed by atoms with van der Waals surface area (Å²) >= 11 is 6.17. The number of aryl methyl sites for hydroxylation is 1. The molecule has 3 aromatic rings. The predicted octanol–water partition coefficient (Wildman–Crippen LogP) is 6.09. The number of carbonyl (C=O) groups excluding carboxylic acids is 3. The van der Waals surface area contributed by atoms with Crippen molar-refractivity contribution < 1.29 is 23.2 Å². The second-order valence-corrected chi connectivity index (χ2v) is 9.71. The van der Waals surface area contributed by atoms with Crippen LogP contribution in [0, 0.1) is 24.0 Å². The lowest BCUT2D eigenvalue weighted by molar-refractivity contribution is -0.128. The summed E-state index contributed by atoms with van der Waals surface area (Å²) in [5, 5.41) is 7.66. The van der Waals surface area contributed by atoms with Gasteiger partial charge in [-0.3, -0.25) is 14.4 Å². The zero-order valence-corrected chi connectivity index (χ0v) is 21.0. The minimum atomic E-state index is -1.22. The fourth-order valence-corrected chi connectivity index (χ4v) is 3.38. The van der Waals surface area contributed by atoms with E-state index in [4.69, 9.17) is 11.6 Å². The van der Waals surface area contributed by atoms with Crippen LogP contribution in [-0.2, 0) is 11.3 Å². The quantitative estimate of drug-likeness (QED) is 0.372. The van der Waals surface area contributed by atoms with Gasteiger partial charge in [-0.15, -0.1) is 0 Å². The second-order valence-electron chi connectivity index (χ2n) is 9.31. The zero-order chi connectivity index (χ0) is 26.6. The fraction of sp³-hybridized carbons (Fsp3) is 0.222. The largest absolute Gasteiger partial charge is 0.352 e. The number of hydrogen-bond acceptors (Lipinski definition) is 3. The van der Waals surface area contributed by atoms with Gasteiger partial charge in [0, 0.05) is 17.6 Å². The molecule has 0 heterocycles. The molecule has 0 aliphatic rings. The summed E-state index contributed by atoms with van der Waals surface area (Å²) in [4.78, 5) is 37.6. The Morgan fingerprint density at radius 3 is 2.19 bits per heavy atom. The van der Waals surface area contributed by atoms with Crippen LogP contribution in [0.25, 0.3) is 0 Å². The molecule has 0 aromatic heterocycles. The van der Waals surface area contributed by atoms with Crippen molar-refractivity contribution >= 4 is 40.7 Å². The first-order valence-electron chi connectivity index (χ1n) is 11.1. The Balaban J connectivity index is 1.80. The number of carbonyl (C=O) groups is 3. The Morgan fingerprint density at radius 1 is 0.889 bits per heavy atom. The molecule has 3 rings (SSSR count). The molecule has 0 spiro atoms. The Kier molecular flexibility index (Phi) is 8.10. The summed E-state index contributed by atoms with van der Waals surface area (Å²) in [6.45, 7) is 7.34. The molecule has 0 saturated heterocycles. The number of benzene rings is 3. The van der Waals surface area contributed by atoms with Crippen LogP contribution in [0.2, 0.25) is 5.02 Å². The molecule has 0 aliphatic carbocycles. The lowest BCUT2D eigenvalue weighted by atomic mass is 9.95. The Labute approximate surface area is 213 Å². The molecule has 36 heavy (non-hydrogen) atoms. The van der Waals surface area contributed by atoms with Gasteiger partial charge in [-0.05, 0) is 48.9 Å². The van der Waals surface area contributed by atoms with Gasteiger partial charge in [0.25, 0.3) is 11.8 Å². The van der Waals surface area contributed by atoms with Gasteiger partial charge in [0.1, 0.15) is 11.4 Å². The van der Waals surface area contributed by atoms with Crippen molar-refractivity contribution in [2.24, 2.45) is 5.41 Å². The van der Waals surface area contributed by atoms with Crippen molar-refractivity contribution in [1.82, 2.24) is 5.32 Å². The van der Waals surface area contributed by atoms with Gasteiger partial charge in [0.15, 0.2) is 5.82 Å². The number of anilines is 2. The highest BCUT2D eigenvalue weighted by Gasteiger charge is 2.23. The third-order valence-corrected chi connectivity index (χ3v) is 5.62. The van der Waals surface area contributed by atoms with Gasteiger partial charge in [0.05, 0.1) is 16.3 Å². The Hall–Kier alpha value is -3.78. The SMILES string of the molecule is Cc1ccc(NC(=O)c2c(F)ccc(NC(=O)c3cc(CNC(=O)C(C)(C)C)ccc3Cl)c2F)cc1. The average molecular weight is 514 g/mol. The van der Waals surface area contributed by atoms with Gasteiger partial charge in [0.2, 0.25) is 5.91 Å². The highest BCUT2D eigenvalue weighted by atomic mass is 35.5. The molecule has 9 heteroatoms. The van der Waals surface area contributed by atoms with Crippen molar-refractivity contribution in [2.45, 2.75) is 34.2 Å². The summed E-state index contributed by atoms with van der Waals surface area (Å²) in [5.41, 5.74) is 0.121. The summed E-state index contributed by atoms with van der Waals surface area (Å²) in [7, 11) is 0. The van der Waals surface area contributed by atoms with Gasteiger partial charge in [-0.2, -0.15) is 0 Å². The van der Waals surface area contributed by atoms with Crippen LogP contribution in [0.3, 0.4) is 0 Å².